The second-order valence-electron chi connectivity index (χ2n) is 9.31. The molecule has 1 N–H and O–H groups in total. The molecule has 0 bridgehead atoms. The summed E-state index contributed by atoms with van der Waals surface area (Å²) < 4.78 is 11.2. The molecule has 0 saturated carbocycles. The molecule has 1 aromatic heterocycles. The molecule has 2 aromatic rings. The van der Waals surface area contributed by atoms with Crippen LogP contribution in [0.25, 0.3) is 0 Å². The van der Waals surface area contributed by atoms with Gasteiger partial charge in [0.15, 0.2) is 0 Å². The minimum absolute atomic E-state index is 0.0815. The summed E-state index contributed by atoms with van der Waals surface area (Å²) in [5.74, 6) is 1.44. The van der Waals surface area contributed by atoms with Crippen molar-refractivity contribution in [1.29, 1.82) is 0 Å². The molecule has 1 aliphatic rings. The lowest BCUT2D eigenvalue weighted by Crippen LogP contribution is -2.48. The summed E-state index contributed by atoms with van der Waals surface area (Å²) in [6.45, 7) is 9.25. The average molecular weight is 475 g/mol. The number of rotatable bonds is 12. The minimum atomic E-state index is -0.611. The second kappa shape index (κ2) is 12.5. The summed E-state index contributed by atoms with van der Waals surface area (Å²) in [6.07, 6.45) is 1.24. The van der Waals surface area contributed by atoms with E-state index in [2.05, 4.69) is 30.2 Å². The number of aryl methyl sites for hydroxylation is 1. The first-order chi connectivity index (χ1) is 15.9. The number of carbonyl (C=O) groups excluding carboxylic acids is 1. The molecule has 0 fully saturated rings. The van der Waals surface area contributed by atoms with Crippen LogP contribution in [0.5, 0.6) is 5.75 Å². The highest BCUT2D eigenvalue weighted by atomic mass is 32.1. The Morgan fingerprint density at radius 2 is 2.15 bits per heavy atom. The standard InChI is InChI=1S/C26H38N2O4S/c1-19(2)8-11-27(15-21(29)17-31-4)16-26(30)28-12-9-25-23(10-13-33-25)24(28)18-32-22-7-5-6-20(3)14-22/h5-7,10,13-14,19,21,24,29H,8-9,11-12,15-18H2,1-4H3. The van der Waals surface area contributed by atoms with E-state index in [9.17, 15) is 9.90 Å². The van der Waals surface area contributed by atoms with Crippen LogP contribution in [0, 0.1) is 12.8 Å². The van der Waals surface area contributed by atoms with E-state index in [4.69, 9.17) is 9.47 Å². The molecule has 1 aromatic carbocycles. The highest BCUT2D eigenvalue weighted by molar-refractivity contribution is 7.10. The van der Waals surface area contributed by atoms with Crippen molar-refractivity contribution in [3.63, 3.8) is 0 Å². The number of hydrogen-bond acceptors (Lipinski definition) is 6. The maximum absolute atomic E-state index is 13.5. The lowest BCUT2D eigenvalue weighted by molar-refractivity contribution is -0.136. The molecule has 1 aliphatic heterocycles. The highest BCUT2D eigenvalue weighted by Gasteiger charge is 2.33. The van der Waals surface area contributed by atoms with Gasteiger partial charge in [-0.1, -0.05) is 26.0 Å². The zero-order valence-corrected chi connectivity index (χ0v) is 21.1. The van der Waals surface area contributed by atoms with Crippen molar-refractivity contribution in [2.75, 3.05) is 46.5 Å². The average Bonchev–Trinajstić information content (AvgIpc) is 3.25. The fraction of sp³-hybridized carbons (Fsp3) is 0.577. The summed E-state index contributed by atoms with van der Waals surface area (Å²) in [6, 6.07) is 10.0. The van der Waals surface area contributed by atoms with Gasteiger partial charge in [-0.15, -0.1) is 11.3 Å². The lowest BCUT2D eigenvalue weighted by Gasteiger charge is -2.37. The zero-order chi connectivity index (χ0) is 23.8. The van der Waals surface area contributed by atoms with E-state index in [1.165, 1.54) is 10.4 Å². The van der Waals surface area contributed by atoms with Gasteiger partial charge in [0.1, 0.15) is 12.4 Å². The van der Waals surface area contributed by atoms with Crippen molar-refractivity contribution in [2.24, 2.45) is 5.92 Å². The Morgan fingerprint density at radius 1 is 1.33 bits per heavy atom. The summed E-state index contributed by atoms with van der Waals surface area (Å²) in [5, 5.41) is 12.4. The SMILES string of the molecule is COCC(O)CN(CCC(C)C)CC(=O)N1CCc2sccc2C1COc1cccc(C)c1. The van der Waals surface area contributed by atoms with Crippen LogP contribution < -0.4 is 4.74 Å². The van der Waals surface area contributed by atoms with Crippen LogP contribution in [-0.4, -0.2) is 73.4 Å². The molecule has 0 aliphatic carbocycles. The van der Waals surface area contributed by atoms with Gasteiger partial charge >= 0.3 is 0 Å². The van der Waals surface area contributed by atoms with E-state index in [1.54, 1.807) is 18.4 Å². The first-order valence-electron chi connectivity index (χ1n) is 11.8. The van der Waals surface area contributed by atoms with Gasteiger partial charge in [-0.2, -0.15) is 0 Å². The number of aliphatic hydroxyl groups excluding tert-OH is 1. The number of fused-ring (bicyclic) bond motifs is 1. The Kier molecular flexibility index (Phi) is 9.74. The molecule has 0 radical (unpaired) electrons. The fourth-order valence-electron chi connectivity index (χ4n) is 4.26. The third-order valence-corrected chi connectivity index (χ3v) is 7.02. The fourth-order valence-corrected chi connectivity index (χ4v) is 5.18. The monoisotopic (exact) mass is 474 g/mol. The molecule has 182 valence electrons. The van der Waals surface area contributed by atoms with E-state index in [0.717, 1.165) is 30.7 Å². The van der Waals surface area contributed by atoms with Gasteiger partial charge in [0.2, 0.25) is 5.91 Å². The molecule has 0 spiro atoms. The molecule has 0 saturated heterocycles. The van der Waals surface area contributed by atoms with Gasteiger partial charge in [0.05, 0.1) is 25.3 Å². The number of benzene rings is 1. The summed E-state index contributed by atoms with van der Waals surface area (Å²) >= 11 is 1.76. The number of carbonyl (C=O) groups is 1. The van der Waals surface area contributed by atoms with Gasteiger partial charge in [-0.25, -0.2) is 0 Å². The molecule has 33 heavy (non-hydrogen) atoms. The Bertz CT molecular complexity index is 885. The number of ether oxygens (including phenoxy) is 2. The molecular weight excluding hydrogens is 436 g/mol. The topological polar surface area (TPSA) is 62.2 Å². The normalized spacial score (nSPS) is 16.8. The van der Waals surface area contributed by atoms with E-state index in [0.29, 0.717) is 25.6 Å². The van der Waals surface area contributed by atoms with Crippen molar-refractivity contribution < 1.29 is 19.4 Å². The second-order valence-corrected chi connectivity index (χ2v) is 10.3. The van der Waals surface area contributed by atoms with Crippen LogP contribution in [-0.2, 0) is 16.0 Å². The van der Waals surface area contributed by atoms with Gasteiger partial charge in [0, 0.05) is 25.1 Å². The van der Waals surface area contributed by atoms with Crippen LogP contribution in [0.4, 0.5) is 0 Å². The zero-order valence-electron chi connectivity index (χ0n) is 20.3. The van der Waals surface area contributed by atoms with Crippen molar-refractivity contribution in [2.45, 2.75) is 45.8 Å². The Morgan fingerprint density at radius 3 is 2.88 bits per heavy atom. The van der Waals surface area contributed by atoms with E-state index in [1.807, 2.05) is 36.1 Å². The van der Waals surface area contributed by atoms with Crippen LogP contribution in [0.1, 0.15) is 42.3 Å². The van der Waals surface area contributed by atoms with Crippen molar-refractivity contribution >= 4 is 17.2 Å². The number of amides is 1. The summed E-state index contributed by atoms with van der Waals surface area (Å²) in [4.78, 5) is 18.9. The largest absolute Gasteiger partial charge is 0.491 e. The predicted octanol–water partition coefficient (Wildman–Crippen LogP) is 3.92. The van der Waals surface area contributed by atoms with Gasteiger partial charge < -0.3 is 19.5 Å². The molecule has 7 heteroatoms. The first kappa shape index (κ1) is 25.7. The first-order valence-corrected chi connectivity index (χ1v) is 12.7. The number of methoxy groups -OCH3 is 1. The number of hydrogen-bond donors (Lipinski definition) is 1. The molecular formula is C26H38N2O4S. The molecule has 2 atom stereocenters. The van der Waals surface area contributed by atoms with Crippen molar-refractivity contribution in [3.8, 4) is 5.75 Å². The quantitative estimate of drug-likeness (QED) is 0.505. The van der Waals surface area contributed by atoms with Gasteiger partial charge in [0.25, 0.3) is 0 Å². The van der Waals surface area contributed by atoms with Crippen molar-refractivity contribution in [1.82, 2.24) is 9.80 Å². The smallest absolute Gasteiger partial charge is 0.237 e. The Balaban J connectivity index is 1.72. The summed E-state index contributed by atoms with van der Waals surface area (Å²) in [5.41, 5.74) is 2.34. The van der Waals surface area contributed by atoms with Gasteiger partial charge in [-0.05, 0) is 66.9 Å². The maximum atomic E-state index is 13.5. The third kappa shape index (κ3) is 7.54. The van der Waals surface area contributed by atoms with Crippen LogP contribution in [0.2, 0.25) is 0 Å². The number of aliphatic hydroxyl groups is 1. The third-order valence-electron chi connectivity index (χ3n) is 6.02. The van der Waals surface area contributed by atoms with E-state index < -0.39 is 6.10 Å². The Hall–Kier alpha value is -1.93. The van der Waals surface area contributed by atoms with Gasteiger partial charge in [-0.3, -0.25) is 9.69 Å². The molecule has 3 rings (SSSR count). The molecule has 1 amide bonds. The number of thiophene rings is 1. The minimum Gasteiger partial charge on any atom is -0.491 e. The highest BCUT2D eigenvalue weighted by Crippen LogP contribution is 2.34. The van der Waals surface area contributed by atoms with E-state index in [-0.39, 0.29) is 25.1 Å². The van der Waals surface area contributed by atoms with Crippen LogP contribution >= 0.6 is 11.3 Å². The number of nitrogens with zero attached hydrogens (tertiary/aromatic N) is 2. The van der Waals surface area contributed by atoms with Crippen LogP contribution in [0.3, 0.4) is 0 Å². The van der Waals surface area contributed by atoms with E-state index >= 15 is 0 Å². The van der Waals surface area contributed by atoms with Crippen molar-refractivity contribution in [3.05, 3.63) is 51.7 Å². The predicted molar refractivity (Wildman–Crippen MR) is 133 cm³/mol. The maximum Gasteiger partial charge on any atom is 0.237 e. The molecule has 2 unspecified atom stereocenters. The lowest BCUT2D eigenvalue weighted by atomic mass is 10.00. The molecule has 6 nitrogen and oxygen atoms in total. The summed E-state index contributed by atoms with van der Waals surface area (Å²) in [7, 11) is 1.58. The van der Waals surface area contributed by atoms with Crippen LogP contribution in [0.15, 0.2) is 35.7 Å². The Labute approximate surface area is 202 Å². The molecule has 2 heterocycles.